The van der Waals surface area contributed by atoms with Crippen molar-refractivity contribution in [2.45, 2.75) is 265 Å². The quantitative estimate of drug-likeness (QED) is 0.0459. The van der Waals surface area contributed by atoms with E-state index in [1.807, 2.05) is 0 Å². The van der Waals surface area contributed by atoms with Gasteiger partial charge in [0.15, 0.2) is 25.2 Å². The first-order valence-electron chi connectivity index (χ1n) is 28.1. The molecule has 5 aliphatic rings. The summed E-state index contributed by atoms with van der Waals surface area (Å²) in [5.74, 6) is 0.457. The highest BCUT2D eigenvalue weighted by Gasteiger charge is 2.55. The minimum atomic E-state index is -2.05. The van der Waals surface area contributed by atoms with Gasteiger partial charge in [0.25, 0.3) is 0 Å². The van der Waals surface area contributed by atoms with Crippen LogP contribution in [0.5, 0.6) is 0 Å². The van der Waals surface area contributed by atoms with E-state index in [1.54, 1.807) is 0 Å². The Morgan fingerprint density at radius 1 is 0.487 bits per heavy atom. The fraction of sp³-hybridized carbons (Fsp3) is 0.962. The average Bonchev–Trinajstić information content (AvgIpc) is 3.45. The van der Waals surface area contributed by atoms with Gasteiger partial charge in [-0.25, -0.2) is 0 Å². The Morgan fingerprint density at radius 2 is 0.882 bits per heavy atom. The van der Waals surface area contributed by atoms with Gasteiger partial charge in [0, 0.05) is 24.8 Å². The van der Waals surface area contributed by atoms with Crippen LogP contribution in [0, 0.1) is 11.3 Å². The van der Waals surface area contributed by atoms with E-state index in [0.29, 0.717) is 31.0 Å². The molecule has 0 aromatic rings. The molecule has 5 fully saturated rings. The zero-order valence-corrected chi connectivity index (χ0v) is 44.4. The van der Waals surface area contributed by atoms with Crippen LogP contribution in [0.25, 0.3) is 0 Å². The van der Waals surface area contributed by atoms with Crippen molar-refractivity contribution < 1.29 is 114 Å². The lowest BCUT2D eigenvalue weighted by Gasteiger charge is -2.49. The number of amides is 1. The van der Waals surface area contributed by atoms with E-state index < -0.39 is 149 Å². The highest BCUT2D eigenvalue weighted by Crippen LogP contribution is 2.45. The molecule has 0 bridgehead atoms. The van der Waals surface area contributed by atoms with Gasteiger partial charge in [0.1, 0.15) is 103 Å². The van der Waals surface area contributed by atoms with Crippen LogP contribution < -0.4 is 5.32 Å². The maximum Gasteiger partial charge on any atom is 0.220 e. The molecule has 0 radical (unpaired) electrons. The summed E-state index contributed by atoms with van der Waals surface area (Å²) < 4.78 is 45.0. The fourth-order valence-corrected chi connectivity index (χ4v) is 11.6. The summed E-state index contributed by atoms with van der Waals surface area (Å²) in [5, 5.41) is 140. The molecule has 76 heavy (non-hydrogen) atoms. The van der Waals surface area contributed by atoms with Gasteiger partial charge in [-0.1, -0.05) is 90.9 Å². The summed E-state index contributed by atoms with van der Waals surface area (Å²) in [6.07, 6.45) is -15.1. The van der Waals surface area contributed by atoms with Gasteiger partial charge in [-0.2, -0.15) is 0 Å². The smallest absolute Gasteiger partial charge is 0.220 e. The molecule has 444 valence electrons. The number of ether oxygens (including phenoxy) is 8. The Labute approximate surface area is 445 Å². The Morgan fingerprint density at radius 3 is 1.32 bits per heavy atom. The maximum atomic E-state index is 14.2. The highest BCUT2D eigenvalue weighted by atomic mass is 16.8. The fourth-order valence-electron chi connectivity index (χ4n) is 11.6. The van der Waals surface area contributed by atoms with E-state index in [9.17, 15) is 76.0 Å². The molecule has 4 saturated heterocycles. The van der Waals surface area contributed by atoms with Crippen LogP contribution in [0.1, 0.15) is 142 Å². The first-order chi connectivity index (χ1) is 36.5. The summed E-state index contributed by atoms with van der Waals surface area (Å²) in [4.78, 5) is 27.1. The Hall–Kier alpha value is -1.70. The number of nitrogens with one attached hydrogen (secondary N) is 1. The molecule has 4 heterocycles. The number of carbonyl (C=O) groups is 2. The average molecular weight is 1100 g/mol. The normalized spacial score (nSPS) is 39.5. The molecule has 1 aliphatic carbocycles. The van der Waals surface area contributed by atoms with Crippen molar-refractivity contribution in [3.05, 3.63) is 0 Å². The molecule has 1 saturated carbocycles. The molecule has 1 amide bonds. The second-order valence-electron chi connectivity index (χ2n) is 21.4. The summed E-state index contributed by atoms with van der Waals surface area (Å²) in [7, 11) is 0. The lowest BCUT2D eigenvalue weighted by Crippen LogP contribution is -2.67. The van der Waals surface area contributed by atoms with Crippen LogP contribution in [-0.4, -0.2) is 240 Å². The van der Waals surface area contributed by atoms with Crippen molar-refractivity contribution in [1.82, 2.24) is 5.32 Å². The minimum Gasteiger partial charge on any atom is -0.394 e. The summed E-state index contributed by atoms with van der Waals surface area (Å²) in [5.41, 5.74) is -0.332. The van der Waals surface area contributed by atoms with Crippen LogP contribution in [-0.2, 0) is 47.5 Å². The second kappa shape index (κ2) is 32.7. The van der Waals surface area contributed by atoms with Crippen molar-refractivity contribution >= 4 is 11.7 Å². The number of aliphatic hydroxyl groups excluding tert-OH is 13. The number of Topliss-reactive ketones (excluding diaryl/α,β-unsaturated/α-hetero) is 1. The number of hydrogen-bond acceptors (Lipinski definition) is 23. The number of carbonyl (C=O) groups excluding carboxylic acids is 2. The van der Waals surface area contributed by atoms with Crippen molar-refractivity contribution in [2.24, 2.45) is 11.3 Å². The predicted molar refractivity (Wildman–Crippen MR) is 265 cm³/mol. The molecule has 14 N–H and O–H groups in total. The number of ketones is 1. The van der Waals surface area contributed by atoms with Crippen molar-refractivity contribution in [3.63, 3.8) is 0 Å². The Balaban J connectivity index is 1.07. The summed E-state index contributed by atoms with van der Waals surface area (Å²) in [6, 6.07) is 0. The van der Waals surface area contributed by atoms with Crippen LogP contribution in [0.2, 0.25) is 0 Å². The molecule has 5 rings (SSSR count). The molecule has 0 aromatic carbocycles. The Kier molecular flexibility index (Phi) is 28.0. The number of unbranched alkanes of at least 4 members (excludes halogenated alkanes) is 2. The van der Waals surface area contributed by atoms with Crippen molar-refractivity contribution in [2.75, 3.05) is 39.6 Å². The van der Waals surface area contributed by atoms with Gasteiger partial charge in [0.2, 0.25) is 5.91 Å². The van der Waals surface area contributed by atoms with E-state index in [1.165, 1.54) is 51.4 Å². The second-order valence-corrected chi connectivity index (χ2v) is 21.4. The van der Waals surface area contributed by atoms with Gasteiger partial charge in [0.05, 0.1) is 33.0 Å². The van der Waals surface area contributed by atoms with Crippen molar-refractivity contribution in [1.29, 1.82) is 0 Å². The van der Waals surface area contributed by atoms with Crippen LogP contribution >= 0.6 is 0 Å². The number of aliphatic hydroxyl groups is 13. The van der Waals surface area contributed by atoms with Gasteiger partial charge in [-0.15, -0.1) is 0 Å². The first kappa shape index (κ1) is 65.1. The number of rotatable bonds is 25. The topological polar surface area (TPSA) is 383 Å². The molecular formula is C52H93NO23. The lowest BCUT2D eigenvalue weighted by atomic mass is 9.63. The molecule has 24 nitrogen and oxygen atoms in total. The maximum absolute atomic E-state index is 14.2. The molecule has 21 atom stereocenters. The zero-order valence-electron chi connectivity index (χ0n) is 44.4. The van der Waals surface area contributed by atoms with E-state index >= 15 is 0 Å². The third-order valence-electron chi connectivity index (χ3n) is 16.2. The van der Waals surface area contributed by atoms with E-state index in [2.05, 4.69) is 19.2 Å². The van der Waals surface area contributed by atoms with Crippen molar-refractivity contribution in [3.8, 4) is 0 Å². The summed E-state index contributed by atoms with van der Waals surface area (Å²) in [6.45, 7) is 0.751. The van der Waals surface area contributed by atoms with E-state index in [-0.39, 0.29) is 30.9 Å². The molecule has 0 aromatic heterocycles. The van der Waals surface area contributed by atoms with E-state index in [4.69, 9.17) is 37.9 Å². The van der Waals surface area contributed by atoms with Gasteiger partial charge in [-0.3, -0.25) is 9.59 Å². The third-order valence-corrected chi connectivity index (χ3v) is 16.2. The molecule has 0 spiro atoms. The SMILES string of the molecule is CCCCC(CC)(C(=O)CCCCC(=O)NCCO[C@H]1OC(CO)[C@H](O[C@H]2OC(CO)[C@@H](O[C@@H]3OC(CO)[C@@H](O[C@@H]4OC(CO)[C@@H](O)C(O)C4O)C(O)C3O)C(O)C2O)C(O)C1O)C1CCCCCCCCCCCC1. The van der Waals surface area contributed by atoms with Crippen LogP contribution in [0.4, 0.5) is 0 Å². The lowest BCUT2D eigenvalue weighted by molar-refractivity contribution is -0.388. The minimum absolute atomic E-state index is 0.00658. The Bertz CT molecular complexity index is 1640. The number of hydrogen-bond donors (Lipinski definition) is 14. The first-order valence-corrected chi connectivity index (χ1v) is 28.1. The molecule has 24 heteroatoms. The zero-order chi connectivity index (χ0) is 55.5. The molecular weight excluding hydrogens is 1010 g/mol. The molecule has 13 unspecified atom stereocenters. The predicted octanol–water partition coefficient (Wildman–Crippen LogP) is -1.58. The molecule has 4 aliphatic heterocycles. The van der Waals surface area contributed by atoms with Gasteiger partial charge >= 0.3 is 0 Å². The standard InChI is InChI=1S/C52H93NO23/c1-3-5-22-52(4-2,29-18-14-12-10-8-6-7-9-11-13-15-19-29)34(58)20-16-17-21-35(59)53-23-24-69-48-42(66)38(62)45(31(26-55)71-48)75-50-44(68)40(64)47(33(28-57)73-50)76-51-43(67)39(63)46(32(27-56)72-51)74-49-41(65)37(61)36(60)30(25-54)70-49/h29-33,36-51,54-57,60-68H,3-28H2,1-2H3,(H,53,59)/t30?,31?,32?,33?,36-,37?,38?,39?,40?,41?,42?,43?,44?,45+,46-,47-,48+,49+,50-,51+,52?/m1/s1. The van der Waals surface area contributed by atoms with Crippen LogP contribution in [0.3, 0.4) is 0 Å². The van der Waals surface area contributed by atoms with E-state index in [0.717, 1.165) is 51.4 Å². The largest absolute Gasteiger partial charge is 0.394 e. The monoisotopic (exact) mass is 1100 g/mol. The van der Waals surface area contributed by atoms with Crippen LogP contribution in [0.15, 0.2) is 0 Å². The van der Waals surface area contributed by atoms with Gasteiger partial charge < -0.3 is 110 Å². The van der Waals surface area contributed by atoms with Gasteiger partial charge in [-0.05, 0) is 44.4 Å². The third kappa shape index (κ3) is 16.9. The highest BCUT2D eigenvalue weighted by molar-refractivity contribution is 5.85. The summed E-state index contributed by atoms with van der Waals surface area (Å²) >= 11 is 0.